The predicted octanol–water partition coefficient (Wildman–Crippen LogP) is 4.31. The molecule has 5 aromatic heterocycles. The van der Waals surface area contributed by atoms with E-state index >= 15 is 0 Å². The Hall–Kier alpha value is -4.99. The molecule has 37 heavy (non-hydrogen) atoms. The number of para-hydroxylation sites is 1. The number of fused-ring (bicyclic) bond motifs is 2. The number of rotatable bonds is 6. The summed E-state index contributed by atoms with van der Waals surface area (Å²) in [6.07, 6.45) is 5.15. The summed E-state index contributed by atoms with van der Waals surface area (Å²) in [5.74, 6) is 1.65. The quantitative estimate of drug-likeness (QED) is 0.356. The predicted molar refractivity (Wildman–Crippen MR) is 141 cm³/mol. The number of hydrogen-bond donors (Lipinski definition) is 2. The van der Waals surface area contributed by atoms with Gasteiger partial charge in [-0.1, -0.05) is 24.3 Å². The van der Waals surface area contributed by atoms with Gasteiger partial charge in [-0.2, -0.15) is 5.10 Å². The fourth-order valence-corrected chi connectivity index (χ4v) is 4.56. The molecule has 0 aliphatic carbocycles. The average molecular weight is 493 g/mol. The van der Waals surface area contributed by atoms with Gasteiger partial charge in [-0.3, -0.25) is 9.36 Å². The summed E-state index contributed by atoms with van der Waals surface area (Å²) in [7, 11) is 1.58. The van der Waals surface area contributed by atoms with Crippen molar-refractivity contribution in [1.29, 1.82) is 0 Å². The number of aromatic nitrogens is 7. The molecule has 1 unspecified atom stereocenters. The lowest BCUT2D eigenvalue weighted by molar-refractivity contribution is 0.398. The number of aryl methyl sites for hydroxylation is 1. The maximum atomic E-state index is 13.7. The van der Waals surface area contributed by atoms with E-state index in [0.29, 0.717) is 28.7 Å². The van der Waals surface area contributed by atoms with Crippen LogP contribution in [0.4, 0.5) is 5.82 Å². The third-order valence-corrected chi connectivity index (χ3v) is 6.35. The topological polar surface area (TPSA) is 115 Å². The zero-order valence-corrected chi connectivity index (χ0v) is 20.5. The SMILES string of the molecule is COc1cccc(-c2c[nH]c3ncnc(NC(C)c4nn5ccc(C)c5c(=O)n4-c4ccccc4)c23)n1. The van der Waals surface area contributed by atoms with Crippen LogP contribution >= 0.6 is 0 Å². The number of nitrogens with zero attached hydrogens (tertiary/aromatic N) is 6. The smallest absolute Gasteiger partial charge is 0.282 e. The second-order valence-corrected chi connectivity index (χ2v) is 8.71. The molecule has 0 saturated carbocycles. The molecule has 10 nitrogen and oxygen atoms in total. The summed E-state index contributed by atoms with van der Waals surface area (Å²) in [6.45, 7) is 3.86. The maximum Gasteiger partial charge on any atom is 0.282 e. The molecule has 0 aliphatic heterocycles. The monoisotopic (exact) mass is 492 g/mol. The number of aromatic amines is 1. The van der Waals surface area contributed by atoms with Gasteiger partial charge >= 0.3 is 0 Å². The molecule has 6 rings (SSSR count). The van der Waals surface area contributed by atoms with E-state index in [2.05, 4.69) is 25.3 Å². The minimum atomic E-state index is -0.390. The average Bonchev–Trinajstić information content (AvgIpc) is 3.53. The fraction of sp³-hybridized carbons (Fsp3) is 0.148. The first-order valence-corrected chi connectivity index (χ1v) is 11.8. The molecule has 6 aromatic rings. The van der Waals surface area contributed by atoms with Crippen molar-refractivity contribution >= 4 is 22.4 Å². The van der Waals surface area contributed by atoms with Crippen LogP contribution in [0.2, 0.25) is 0 Å². The molecule has 5 heterocycles. The maximum absolute atomic E-state index is 13.7. The summed E-state index contributed by atoms with van der Waals surface area (Å²) in [5.41, 5.74) is 4.23. The van der Waals surface area contributed by atoms with Crippen LogP contribution in [0.1, 0.15) is 24.4 Å². The molecule has 1 atom stereocenters. The lowest BCUT2D eigenvalue weighted by Gasteiger charge is -2.20. The standard InChI is InChI=1S/C27H24N8O2/c1-16-12-13-34-23(16)27(36)35(18-8-5-4-6-9-18)26(33-34)17(2)31-25-22-19(14-28-24(22)29-15-30-25)20-10-7-11-21(32-20)37-3/h4-15,17H,1-3H3,(H2,28,29,30,31). The molecule has 0 spiro atoms. The van der Waals surface area contributed by atoms with E-state index < -0.39 is 0 Å². The van der Waals surface area contributed by atoms with E-state index in [-0.39, 0.29) is 11.6 Å². The fourth-order valence-electron chi connectivity index (χ4n) is 4.56. The van der Waals surface area contributed by atoms with Crippen molar-refractivity contribution in [3.05, 3.63) is 95.1 Å². The van der Waals surface area contributed by atoms with Crippen molar-refractivity contribution in [2.45, 2.75) is 19.9 Å². The van der Waals surface area contributed by atoms with Crippen LogP contribution in [0.5, 0.6) is 5.88 Å². The van der Waals surface area contributed by atoms with Crippen LogP contribution in [0.25, 0.3) is 33.5 Å². The summed E-state index contributed by atoms with van der Waals surface area (Å²) in [4.78, 5) is 30.4. The van der Waals surface area contributed by atoms with E-state index in [0.717, 1.165) is 27.9 Å². The Morgan fingerprint density at radius 3 is 2.70 bits per heavy atom. The normalized spacial score (nSPS) is 12.2. The Labute approximate surface area is 211 Å². The Morgan fingerprint density at radius 2 is 1.89 bits per heavy atom. The molecule has 0 radical (unpaired) electrons. The molecular weight excluding hydrogens is 468 g/mol. The Bertz CT molecular complexity index is 1800. The molecule has 0 aliphatic rings. The van der Waals surface area contributed by atoms with Crippen molar-refractivity contribution in [1.82, 2.24) is 34.1 Å². The lowest BCUT2D eigenvalue weighted by atomic mass is 10.1. The number of H-pyrrole nitrogens is 1. The van der Waals surface area contributed by atoms with E-state index in [1.807, 2.05) is 68.6 Å². The third-order valence-electron chi connectivity index (χ3n) is 6.35. The number of hydrogen-bond acceptors (Lipinski definition) is 7. The number of nitrogens with one attached hydrogen (secondary N) is 2. The molecule has 0 fully saturated rings. The van der Waals surface area contributed by atoms with Crippen molar-refractivity contribution < 1.29 is 4.74 Å². The van der Waals surface area contributed by atoms with Gasteiger partial charge in [0.2, 0.25) is 5.88 Å². The van der Waals surface area contributed by atoms with Crippen LogP contribution in [0, 0.1) is 6.92 Å². The Morgan fingerprint density at radius 1 is 1.05 bits per heavy atom. The van der Waals surface area contributed by atoms with E-state index in [1.165, 1.54) is 6.33 Å². The molecule has 184 valence electrons. The van der Waals surface area contributed by atoms with Gasteiger partial charge in [0.05, 0.1) is 29.9 Å². The number of methoxy groups -OCH3 is 1. The van der Waals surface area contributed by atoms with Crippen molar-refractivity contribution in [2.75, 3.05) is 12.4 Å². The second-order valence-electron chi connectivity index (χ2n) is 8.71. The highest BCUT2D eigenvalue weighted by molar-refractivity contribution is 6.00. The van der Waals surface area contributed by atoms with E-state index in [9.17, 15) is 4.79 Å². The van der Waals surface area contributed by atoms with Gasteiger partial charge in [0.15, 0.2) is 5.82 Å². The summed E-state index contributed by atoms with van der Waals surface area (Å²) < 4.78 is 8.60. The van der Waals surface area contributed by atoms with Crippen LogP contribution in [0.3, 0.4) is 0 Å². The molecule has 0 saturated heterocycles. The number of pyridine rings is 1. The Balaban J connectivity index is 1.49. The van der Waals surface area contributed by atoms with Crippen LogP contribution in [0.15, 0.2) is 78.1 Å². The van der Waals surface area contributed by atoms with Gasteiger partial charge in [0, 0.05) is 24.0 Å². The molecule has 0 amide bonds. The number of benzene rings is 1. The number of ether oxygens (including phenoxy) is 1. The molecule has 1 aromatic carbocycles. The molecule has 10 heteroatoms. The van der Waals surface area contributed by atoms with Gasteiger partial charge < -0.3 is 15.0 Å². The van der Waals surface area contributed by atoms with Crippen molar-refractivity contribution in [3.8, 4) is 22.8 Å². The van der Waals surface area contributed by atoms with Gasteiger partial charge in [-0.25, -0.2) is 19.5 Å². The highest BCUT2D eigenvalue weighted by Gasteiger charge is 2.22. The molecule has 2 N–H and O–H groups in total. The summed E-state index contributed by atoms with van der Waals surface area (Å²) >= 11 is 0. The first kappa shape index (κ1) is 22.5. The lowest BCUT2D eigenvalue weighted by Crippen LogP contribution is -2.29. The van der Waals surface area contributed by atoms with Crippen LogP contribution in [-0.4, -0.2) is 41.2 Å². The zero-order valence-electron chi connectivity index (χ0n) is 20.5. The largest absolute Gasteiger partial charge is 0.481 e. The minimum absolute atomic E-state index is 0.136. The first-order valence-electron chi connectivity index (χ1n) is 11.8. The van der Waals surface area contributed by atoms with Crippen molar-refractivity contribution in [2.24, 2.45) is 0 Å². The number of anilines is 1. The molecule has 0 bridgehead atoms. The van der Waals surface area contributed by atoms with Gasteiger partial charge in [0.25, 0.3) is 5.56 Å². The van der Waals surface area contributed by atoms with Gasteiger partial charge in [-0.15, -0.1) is 0 Å². The van der Waals surface area contributed by atoms with Gasteiger partial charge in [0.1, 0.15) is 23.3 Å². The zero-order chi connectivity index (χ0) is 25.5. The van der Waals surface area contributed by atoms with Crippen molar-refractivity contribution in [3.63, 3.8) is 0 Å². The highest BCUT2D eigenvalue weighted by Crippen LogP contribution is 2.33. The second kappa shape index (κ2) is 8.90. The van der Waals surface area contributed by atoms with E-state index in [4.69, 9.17) is 9.84 Å². The highest BCUT2D eigenvalue weighted by atomic mass is 16.5. The van der Waals surface area contributed by atoms with E-state index in [1.54, 1.807) is 28.5 Å². The first-order chi connectivity index (χ1) is 18.0. The summed E-state index contributed by atoms with van der Waals surface area (Å²) in [6, 6.07) is 16.6. The minimum Gasteiger partial charge on any atom is -0.481 e. The Kier molecular flexibility index (Phi) is 5.41. The van der Waals surface area contributed by atoms with Crippen LogP contribution < -0.4 is 15.6 Å². The van der Waals surface area contributed by atoms with Gasteiger partial charge in [-0.05, 0) is 43.7 Å². The summed E-state index contributed by atoms with van der Waals surface area (Å²) in [5, 5.41) is 9.09. The molecular formula is C27H24N8O2. The van der Waals surface area contributed by atoms with Crippen LogP contribution in [-0.2, 0) is 0 Å². The third kappa shape index (κ3) is 3.79.